The quantitative estimate of drug-likeness (QED) is 0.0843. The molecule has 7 nitrogen and oxygen atoms in total. The monoisotopic (exact) mass is 593 g/mol. The molecule has 4 aromatic rings. The number of ether oxygens (including phenoxy) is 1. The lowest BCUT2D eigenvalue weighted by molar-refractivity contribution is -0.116. The highest BCUT2D eigenvalue weighted by molar-refractivity contribution is 7.59. The summed E-state index contributed by atoms with van der Waals surface area (Å²) < 4.78 is 51.0. The first-order valence-electron chi connectivity index (χ1n) is 13.7. The van der Waals surface area contributed by atoms with Crippen molar-refractivity contribution >= 4 is 40.8 Å². The number of ketones is 1. The zero-order valence-corrected chi connectivity index (χ0v) is 25.1. The number of carbonyl (C=O) groups is 1. The van der Waals surface area contributed by atoms with E-state index in [-0.39, 0.29) is 25.4 Å². The van der Waals surface area contributed by atoms with Crippen LogP contribution in [0.25, 0.3) is 21.8 Å². The first kappa shape index (κ1) is 31.1. The molecule has 2 aromatic carbocycles. The van der Waals surface area contributed by atoms with E-state index in [1.165, 1.54) is 6.92 Å². The normalized spacial score (nSPS) is 13.0. The summed E-state index contributed by atoms with van der Waals surface area (Å²) in [4.78, 5) is 20.4. The number of rotatable bonds is 11. The molecule has 0 aliphatic carbocycles. The molecule has 0 saturated heterocycles. The van der Waals surface area contributed by atoms with Crippen LogP contribution in [0.4, 0.5) is 14.6 Å². The van der Waals surface area contributed by atoms with Crippen LogP contribution in [0.2, 0.25) is 0 Å². The minimum Gasteiger partial charge on any atom is -0.494 e. The van der Waals surface area contributed by atoms with E-state index in [2.05, 4.69) is 21.8 Å². The van der Waals surface area contributed by atoms with E-state index in [0.717, 1.165) is 39.6 Å². The third-order valence-electron chi connectivity index (χ3n) is 6.89. The van der Waals surface area contributed by atoms with E-state index in [0.29, 0.717) is 35.5 Å². The number of halogens is 2. The zero-order valence-electron chi connectivity index (χ0n) is 24.2. The van der Waals surface area contributed by atoms with Crippen LogP contribution in [-0.4, -0.2) is 41.3 Å². The number of hydrogen-bond donors (Lipinski definition) is 1. The predicted molar refractivity (Wildman–Crippen MR) is 162 cm³/mol. The van der Waals surface area contributed by atoms with Crippen molar-refractivity contribution in [2.45, 2.75) is 52.1 Å². The topological polar surface area (TPSA) is 104 Å². The molecule has 0 radical (unpaired) electrons. The van der Waals surface area contributed by atoms with E-state index in [1.54, 1.807) is 25.3 Å². The molecule has 1 unspecified atom stereocenters. The summed E-state index contributed by atoms with van der Waals surface area (Å²) in [5, 5.41) is 1.74. The van der Waals surface area contributed by atoms with Gasteiger partial charge in [-0.25, -0.2) is 4.98 Å². The summed E-state index contributed by atoms with van der Waals surface area (Å²) in [6, 6.07) is 13.2. The van der Waals surface area contributed by atoms with Crippen LogP contribution in [0.1, 0.15) is 55.4 Å². The lowest BCUT2D eigenvalue weighted by atomic mass is 10.0. The van der Waals surface area contributed by atoms with Gasteiger partial charge in [0.15, 0.2) is 5.82 Å². The summed E-state index contributed by atoms with van der Waals surface area (Å²) in [5.41, 5.74) is 7.52. The lowest BCUT2D eigenvalue weighted by Gasteiger charge is -2.23. The van der Waals surface area contributed by atoms with Gasteiger partial charge < -0.3 is 19.8 Å². The smallest absolute Gasteiger partial charge is 0.321 e. The molecule has 0 amide bonds. The number of pyridine rings is 2. The molecule has 1 atom stereocenters. The maximum atomic E-state index is 14.2. The molecular weight excluding hydrogens is 559 g/mol. The molecular formula is C32H34F2N3O4P. The highest BCUT2D eigenvalue weighted by Crippen LogP contribution is 2.59. The maximum absolute atomic E-state index is 14.2. The fourth-order valence-electron chi connectivity index (χ4n) is 4.52. The van der Waals surface area contributed by atoms with Crippen LogP contribution < -0.4 is 10.5 Å². The van der Waals surface area contributed by atoms with Gasteiger partial charge >= 0.3 is 5.66 Å². The molecule has 0 aliphatic heterocycles. The van der Waals surface area contributed by atoms with Gasteiger partial charge in [-0.2, -0.15) is 8.78 Å². The van der Waals surface area contributed by atoms with Crippen LogP contribution in [0.5, 0.6) is 5.75 Å². The number of carbonyl (C=O) groups excluding carboxylic acids is 1. The van der Waals surface area contributed by atoms with Gasteiger partial charge in [-0.3, -0.25) is 9.55 Å². The van der Waals surface area contributed by atoms with E-state index in [4.69, 9.17) is 15.0 Å². The Morgan fingerprint density at radius 1 is 1.12 bits per heavy atom. The van der Waals surface area contributed by atoms with Gasteiger partial charge in [-0.05, 0) is 75.1 Å². The van der Waals surface area contributed by atoms with Crippen LogP contribution in [0.15, 0.2) is 48.7 Å². The second kappa shape index (κ2) is 13.0. The molecule has 42 heavy (non-hydrogen) atoms. The van der Waals surface area contributed by atoms with Crippen molar-refractivity contribution in [3.05, 3.63) is 70.9 Å². The van der Waals surface area contributed by atoms with Crippen LogP contribution >= 0.6 is 7.37 Å². The Morgan fingerprint density at radius 3 is 2.62 bits per heavy atom. The van der Waals surface area contributed by atoms with Gasteiger partial charge in [-0.1, -0.05) is 24.0 Å². The Morgan fingerprint density at radius 2 is 1.90 bits per heavy atom. The van der Waals surface area contributed by atoms with Gasteiger partial charge in [0.1, 0.15) is 17.0 Å². The molecule has 0 fully saturated rings. The Labute approximate surface area is 244 Å². The molecule has 0 bridgehead atoms. The highest BCUT2D eigenvalue weighted by Gasteiger charge is 2.46. The molecule has 4 rings (SSSR count). The van der Waals surface area contributed by atoms with E-state index >= 15 is 0 Å². The zero-order chi connectivity index (χ0) is 30.5. The first-order valence-corrected chi connectivity index (χ1v) is 15.8. The van der Waals surface area contributed by atoms with Crippen molar-refractivity contribution in [1.82, 2.24) is 9.97 Å². The summed E-state index contributed by atoms with van der Waals surface area (Å²) in [6.07, 6.45) is 2.22. The van der Waals surface area contributed by atoms with Crippen LogP contribution in [0, 0.1) is 18.8 Å². The summed E-state index contributed by atoms with van der Waals surface area (Å²) in [5.74, 6) is 7.33. The first-order chi connectivity index (χ1) is 19.9. The summed E-state index contributed by atoms with van der Waals surface area (Å²) in [7, 11) is -4.02. The van der Waals surface area contributed by atoms with Crippen LogP contribution in [0.3, 0.4) is 0 Å². The number of aryl methyl sites for hydroxylation is 2. The number of benzene rings is 2. The molecule has 0 saturated carbocycles. The minimum absolute atomic E-state index is 0.0282. The van der Waals surface area contributed by atoms with Gasteiger partial charge in [0.2, 0.25) is 0 Å². The standard InChI is InChI=1S/C32H34F2N3O4P/c1-5-41-42(4,39)32(33,34)15-6-16-40-26-13-12-25(21(2)17-26)11-9-24-18-28-27-14-10-23(8-7-22(3)38)19-29(27)37-31(35)30(28)36-20-24/h10,12-14,17-20H,5-8,15-16H2,1-4H3,(H2,35,37). The third kappa shape index (κ3) is 7.31. The fourth-order valence-corrected chi connectivity index (χ4v) is 5.77. The van der Waals surface area contributed by atoms with E-state index < -0.39 is 19.5 Å². The Kier molecular flexibility index (Phi) is 9.60. The van der Waals surface area contributed by atoms with Crippen LogP contribution in [-0.2, 0) is 20.3 Å². The number of hydrogen-bond acceptors (Lipinski definition) is 7. The number of Topliss-reactive ketones (excluding diaryl/α,β-unsaturated/α-hetero) is 1. The van der Waals surface area contributed by atoms with Gasteiger partial charge in [-0.15, -0.1) is 0 Å². The van der Waals surface area contributed by atoms with Gasteiger partial charge in [0, 0.05) is 47.6 Å². The molecule has 0 spiro atoms. The van der Waals surface area contributed by atoms with Crippen molar-refractivity contribution in [1.29, 1.82) is 0 Å². The number of nitrogen functional groups attached to an aromatic ring is 1. The average Bonchev–Trinajstić information content (AvgIpc) is 2.93. The average molecular weight is 594 g/mol. The fraction of sp³-hybridized carbons (Fsp3) is 0.344. The largest absolute Gasteiger partial charge is 0.494 e. The summed E-state index contributed by atoms with van der Waals surface area (Å²) in [6.45, 7) is 6.00. The second-order valence-corrected chi connectivity index (χ2v) is 12.9. The molecule has 2 N–H and O–H groups in total. The summed E-state index contributed by atoms with van der Waals surface area (Å²) >= 11 is 0. The third-order valence-corrected chi connectivity index (χ3v) is 9.05. The minimum atomic E-state index is -4.02. The van der Waals surface area contributed by atoms with Crippen molar-refractivity contribution in [3.8, 4) is 17.6 Å². The molecule has 10 heteroatoms. The Hall–Kier alpha value is -3.86. The number of nitrogens with zero attached hydrogens (tertiary/aromatic N) is 2. The predicted octanol–water partition coefficient (Wildman–Crippen LogP) is 7.29. The van der Waals surface area contributed by atoms with Crippen molar-refractivity contribution in [2.24, 2.45) is 0 Å². The van der Waals surface area contributed by atoms with Crippen molar-refractivity contribution < 1.29 is 27.4 Å². The van der Waals surface area contributed by atoms with E-state index in [9.17, 15) is 18.1 Å². The molecule has 2 heterocycles. The lowest BCUT2D eigenvalue weighted by Crippen LogP contribution is -2.19. The second-order valence-electron chi connectivity index (χ2n) is 10.3. The van der Waals surface area contributed by atoms with E-state index in [1.807, 2.05) is 37.3 Å². The number of alkyl halides is 2. The highest BCUT2D eigenvalue weighted by atomic mass is 31.2. The van der Waals surface area contributed by atoms with Crippen molar-refractivity contribution in [3.63, 3.8) is 0 Å². The Balaban J connectivity index is 1.47. The van der Waals surface area contributed by atoms with Gasteiger partial charge in [0.25, 0.3) is 7.37 Å². The number of nitrogens with two attached hydrogens (primary N) is 1. The molecule has 220 valence electrons. The SMILES string of the molecule is CCOP(C)(=O)C(F)(F)CCCOc1ccc(C#Cc2cnc3c(N)nc4cc(CCC(C)=O)ccc4c3c2)c(C)c1. The number of aromatic nitrogens is 2. The molecule has 2 aromatic heterocycles. The Bertz CT molecular complexity index is 1750. The maximum Gasteiger partial charge on any atom is 0.321 e. The number of anilines is 1. The van der Waals surface area contributed by atoms with Gasteiger partial charge in [0.05, 0.1) is 18.7 Å². The van der Waals surface area contributed by atoms with Crippen molar-refractivity contribution in [2.75, 3.05) is 25.6 Å². The molecule has 0 aliphatic rings. The number of fused-ring (bicyclic) bond motifs is 3.